The molecule has 0 saturated heterocycles. The van der Waals surface area contributed by atoms with Crippen LogP contribution in [0.2, 0.25) is 0 Å². The minimum atomic E-state index is -1.27. The van der Waals surface area contributed by atoms with Gasteiger partial charge in [0.2, 0.25) is 0 Å². The SMILES string of the molecule is COC(=O)C1=C(C(=O)OC)N(c2cccc(C)c2C(=O)O)C(N)=C(C#N)C1c1ccccc1. The maximum absolute atomic E-state index is 13.0. The van der Waals surface area contributed by atoms with E-state index in [1.54, 1.807) is 49.4 Å². The zero-order valence-corrected chi connectivity index (χ0v) is 18.2. The molecule has 0 aliphatic carbocycles. The van der Waals surface area contributed by atoms with Crippen molar-refractivity contribution in [3.8, 4) is 6.07 Å². The number of ether oxygens (including phenoxy) is 2. The summed E-state index contributed by atoms with van der Waals surface area (Å²) in [7, 11) is 2.26. The molecule has 3 rings (SSSR count). The number of carboxylic acids is 1. The third-order valence-corrected chi connectivity index (χ3v) is 5.32. The number of esters is 2. The van der Waals surface area contributed by atoms with Gasteiger partial charge in [0.05, 0.1) is 48.6 Å². The molecule has 1 heterocycles. The molecule has 2 aromatic rings. The van der Waals surface area contributed by atoms with E-state index in [0.29, 0.717) is 11.1 Å². The number of anilines is 1. The number of methoxy groups -OCH3 is 2. The second-order valence-corrected chi connectivity index (χ2v) is 7.11. The molecule has 0 saturated carbocycles. The number of allylic oxidation sites excluding steroid dienone is 1. The molecule has 1 aliphatic heterocycles. The Morgan fingerprint density at radius 3 is 2.21 bits per heavy atom. The van der Waals surface area contributed by atoms with E-state index in [2.05, 4.69) is 0 Å². The van der Waals surface area contributed by atoms with E-state index in [1.165, 1.54) is 6.07 Å². The van der Waals surface area contributed by atoms with Crippen molar-refractivity contribution in [2.24, 2.45) is 5.73 Å². The normalized spacial score (nSPS) is 15.7. The van der Waals surface area contributed by atoms with E-state index >= 15 is 0 Å². The van der Waals surface area contributed by atoms with Gasteiger partial charge in [-0.05, 0) is 24.1 Å². The van der Waals surface area contributed by atoms with Gasteiger partial charge in [0, 0.05) is 0 Å². The van der Waals surface area contributed by atoms with E-state index < -0.39 is 23.8 Å². The van der Waals surface area contributed by atoms with E-state index in [0.717, 1.165) is 19.1 Å². The van der Waals surface area contributed by atoms with Crippen LogP contribution in [-0.2, 0) is 19.1 Å². The van der Waals surface area contributed by atoms with E-state index in [4.69, 9.17) is 15.2 Å². The summed E-state index contributed by atoms with van der Waals surface area (Å²) in [4.78, 5) is 39.2. The number of nitriles is 1. The topological polar surface area (TPSA) is 143 Å². The number of nitrogens with zero attached hydrogens (tertiary/aromatic N) is 2. The molecule has 0 radical (unpaired) electrons. The molecular formula is C24H21N3O6. The van der Waals surface area contributed by atoms with Crippen LogP contribution in [0.15, 0.2) is 71.2 Å². The van der Waals surface area contributed by atoms with Crippen LogP contribution in [0.3, 0.4) is 0 Å². The molecule has 1 atom stereocenters. The number of hydrogen-bond donors (Lipinski definition) is 2. The summed E-state index contributed by atoms with van der Waals surface area (Å²) < 4.78 is 9.90. The molecule has 9 nitrogen and oxygen atoms in total. The highest BCUT2D eigenvalue weighted by molar-refractivity contribution is 6.08. The van der Waals surface area contributed by atoms with Gasteiger partial charge in [-0.15, -0.1) is 0 Å². The maximum Gasteiger partial charge on any atom is 0.355 e. The van der Waals surface area contributed by atoms with Crippen molar-refractivity contribution < 1.29 is 29.0 Å². The Hall–Kier alpha value is -4.58. The highest BCUT2D eigenvalue weighted by Gasteiger charge is 2.43. The van der Waals surface area contributed by atoms with Crippen LogP contribution >= 0.6 is 0 Å². The van der Waals surface area contributed by atoms with Gasteiger partial charge < -0.3 is 20.3 Å². The van der Waals surface area contributed by atoms with Gasteiger partial charge in [-0.2, -0.15) is 5.26 Å². The fourth-order valence-electron chi connectivity index (χ4n) is 3.88. The fourth-order valence-corrected chi connectivity index (χ4v) is 3.88. The first-order valence-corrected chi connectivity index (χ1v) is 9.76. The molecule has 0 spiro atoms. The lowest BCUT2D eigenvalue weighted by molar-refractivity contribution is -0.139. The van der Waals surface area contributed by atoms with Gasteiger partial charge in [0.1, 0.15) is 11.5 Å². The Labute approximate surface area is 189 Å². The lowest BCUT2D eigenvalue weighted by atomic mass is 9.80. The monoisotopic (exact) mass is 447 g/mol. The number of hydrogen-bond acceptors (Lipinski definition) is 8. The first kappa shape index (κ1) is 23.1. The van der Waals surface area contributed by atoms with Crippen LogP contribution in [-0.4, -0.2) is 37.2 Å². The predicted octanol–water partition coefficient (Wildman–Crippen LogP) is 2.59. The average Bonchev–Trinajstić information content (AvgIpc) is 2.82. The van der Waals surface area contributed by atoms with E-state index in [-0.39, 0.29) is 33.9 Å². The van der Waals surface area contributed by atoms with Crippen LogP contribution in [0.4, 0.5) is 5.69 Å². The number of carbonyl (C=O) groups excluding carboxylic acids is 2. The maximum atomic E-state index is 13.0. The summed E-state index contributed by atoms with van der Waals surface area (Å²) in [6, 6.07) is 15.1. The van der Waals surface area contributed by atoms with Crippen molar-refractivity contribution in [3.63, 3.8) is 0 Å². The quantitative estimate of drug-likeness (QED) is 0.661. The Morgan fingerprint density at radius 2 is 1.67 bits per heavy atom. The Morgan fingerprint density at radius 1 is 1.03 bits per heavy atom. The van der Waals surface area contributed by atoms with Gasteiger partial charge >= 0.3 is 17.9 Å². The van der Waals surface area contributed by atoms with E-state index in [9.17, 15) is 24.8 Å². The highest BCUT2D eigenvalue weighted by atomic mass is 16.5. The third-order valence-electron chi connectivity index (χ3n) is 5.32. The van der Waals surface area contributed by atoms with Crippen molar-refractivity contribution >= 4 is 23.6 Å². The Bertz CT molecular complexity index is 1240. The molecule has 1 aliphatic rings. The summed E-state index contributed by atoms with van der Waals surface area (Å²) in [6.45, 7) is 1.58. The largest absolute Gasteiger partial charge is 0.478 e. The summed E-state index contributed by atoms with van der Waals surface area (Å²) >= 11 is 0. The first-order chi connectivity index (χ1) is 15.8. The van der Waals surface area contributed by atoms with Gasteiger partial charge in [-0.25, -0.2) is 14.4 Å². The van der Waals surface area contributed by atoms with Crippen molar-refractivity contribution in [2.45, 2.75) is 12.8 Å². The summed E-state index contributed by atoms with van der Waals surface area (Å²) in [5, 5.41) is 19.9. The first-order valence-electron chi connectivity index (χ1n) is 9.76. The van der Waals surface area contributed by atoms with Crippen molar-refractivity contribution in [2.75, 3.05) is 19.1 Å². The predicted molar refractivity (Wildman–Crippen MR) is 118 cm³/mol. The van der Waals surface area contributed by atoms with Gasteiger partial charge in [0.15, 0.2) is 0 Å². The van der Waals surface area contributed by atoms with Gasteiger partial charge in [-0.3, -0.25) is 4.90 Å². The molecule has 2 aromatic carbocycles. The van der Waals surface area contributed by atoms with Crippen LogP contribution in [0.1, 0.15) is 27.4 Å². The Kier molecular flexibility index (Phi) is 6.49. The number of benzene rings is 2. The molecule has 9 heteroatoms. The number of carboxylic acid groups (broad SMARTS) is 1. The van der Waals surface area contributed by atoms with Crippen molar-refractivity contribution in [3.05, 3.63) is 87.9 Å². The third kappa shape index (κ3) is 3.90. The van der Waals surface area contributed by atoms with Gasteiger partial charge in [0.25, 0.3) is 0 Å². The van der Waals surface area contributed by atoms with E-state index in [1.807, 2.05) is 6.07 Å². The standard InChI is InChI=1S/C24H21N3O6/c1-13-8-7-11-16(17(13)22(28)29)27-20(24(31)33-3)19(23(30)32-2)18(15(12-25)21(27)26)14-9-5-4-6-10-14/h4-11,18H,26H2,1-3H3,(H,28,29). The Balaban J connectivity index is 2.49. The number of aryl methyl sites for hydroxylation is 1. The second-order valence-electron chi connectivity index (χ2n) is 7.11. The van der Waals surface area contributed by atoms with Gasteiger partial charge in [-0.1, -0.05) is 42.5 Å². The molecule has 33 heavy (non-hydrogen) atoms. The molecule has 168 valence electrons. The molecular weight excluding hydrogens is 426 g/mol. The summed E-state index contributed by atoms with van der Waals surface area (Å²) in [5.74, 6) is -4.35. The smallest absolute Gasteiger partial charge is 0.355 e. The lowest BCUT2D eigenvalue weighted by Gasteiger charge is -2.36. The molecule has 0 bridgehead atoms. The fraction of sp³-hybridized carbons (Fsp3) is 0.167. The lowest BCUT2D eigenvalue weighted by Crippen LogP contribution is -2.41. The average molecular weight is 447 g/mol. The molecule has 0 amide bonds. The number of carbonyl (C=O) groups is 3. The number of rotatable bonds is 5. The van der Waals surface area contributed by atoms with Crippen LogP contribution in [0.5, 0.6) is 0 Å². The molecule has 3 N–H and O–H groups in total. The minimum absolute atomic E-state index is 0.000986. The molecule has 0 fully saturated rings. The zero-order valence-electron chi connectivity index (χ0n) is 18.2. The van der Waals surface area contributed by atoms with Crippen LogP contribution in [0.25, 0.3) is 0 Å². The second kappa shape index (κ2) is 9.28. The highest BCUT2D eigenvalue weighted by Crippen LogP contribution is 2.44. The number of aromatic carboxylic acids is 1. The van der Waals surface area contributed by atoms with Crippen LogP contribution in [0, 0.1) is 18.3 Å². The zero-order chi connectivity index (χ0) is 24.3. The molecule has 1 unspecified atom stereocenters. The van der Waals surface area contributed by atoms with Crippen molar-refractivity contribution in [1.29, 1.82) is 5.26 Å². The number of nitrogens with two attached hydrogens (primary N) is 1. The van der Waals surface area contributed by atoms with Crippen LogP contribution < -0.4 is 10.6 Å². The minimum Gasteiger partial charge on any atom is -0.478 e. The van der Waals surface area contributed by atoms with Crippen molar-refractivity contribution in [1.82, 2.24) is 0 Å². The summed E-state index contributed by atoms with van der Waals surface area (Å²) in [6.07, 6.45) is 0. The molecule has 0 aromatic heterocycles. The summed E-state index contributed by atoms with van der Waals surface area (Å²) in [5.41, 5.74) is 6.57.